The Labute approximate surface area is 147 Å². The van der Waals surface area contributed by atoms with E-state index in [-0.39, 0.29) is 17.9 Å². The van der Waals surface area contributed by atoms with Gasteiger partial charge in [-0.25, -0.2) is 0 Å². The van der Waals surface area contributed by atoms with Gasteiger partial charge in [-0.1, -0.05) is 6.92 Å². The number of methoxy groups -OCH3 is 3. The maximum Gasteiger partial charge on any atom is 0.250 e. The van der Waals surface area contributed by atoms with Crippen molar-refractivity contribution in [2.24, 2.45) is 5.92 Å². The number of ether oxygens (including phenoxy) is 4. The number of nitrogens with zero attached hydrogens (tertiary/aromatic N) is 1. The average molecular weight is 348 g/mol. The minimum Gasteiger partial charge on any atom is -0.493 e. The molecular weight excluding hydrogens is 324 g/mol. The molecule has 0 saturated carbocycles. The Morgan fingerprint density at radius 1 is 1.24 bits per heavy atom. The molecule has 7 heteroatoms. The van der Waals surface area contributed by atoms with Crippen LogP contribution in [0, 0.1) is 17.2 Å². The third-order valence-electron chi connectivity index (χ3n) is 4.29. The molecule has 1 saturated heterocycles. The van der Waals surface area contributed by atoms with Gasteiger partial charge in [-0.3, -0.25) is 4.79 Å². The molecule has 1 fully saturated rings. The van der Waals surface area contributed by atoms with E-state index in [0.717, 1.165) is 6.42 Å². The van der Waals surface area contributed by atoms with Crippen molar-refractivity contribution in [3.05, 3.63) is 17.7 Å². The quantitative estimate of drug-likeness (QED) is 0.848. The SMILES string of the molecule is COc1cc([C@H](C#N)NC(=O)[C@@H]2O[C@@H](C)C[C@@H]2C)cc(OC)c1OC. The maximum atomic E-state index is 12.5. The van der Waals surface area contributed by atoms with Gasteiger partial charge in [0.1, 0.15) is 12.1 Å². The second kappa shape index (κ2) is 8.08. The molecule has 1 aromatic carbocycles. The Morgan fingerprint density at radius 2 is 1.84 bits per heavy atom. The van der Waals surface area contributed by atoms with Crippen molar-refractivity contribution in [1.29, 1.82) is 5.26 Å². The van der Waals surface area contributed by atoms with Crippen LogP contribution in [0.3, 0.4) is 0 Å². The van der Waals surface area contributed by atoms with E-state index in [1.54, 1.807) is 12.1 Å². The third kappa shape index (κ3) is 3.97. The molecule has 7 nitrogen and oxygen atoms in total. The summed E-state index contributed by atoms with van der Waals surface area (Å²) >= 11 is 0. The molecule has 25 heavy (non-hydrogen) atoms. The van der Waals surface area contributed by atoms with Crippen LogP contribution in [0.5, 0.6) is 17.2 Å². The Bertz CT molecular complexity index is 645. The number of hydrogen-bond acceptors (Lipinski definition) is 6. The number of carbonyl (C=O) groups excluding carboxylic acids is 1. The van der Waals surface area contributed by atoms with Gasteiger partial charge in [0.05, 0.1) is 33.5 Å². The summed E-state index contributed by atoms with van der Waals surface area (Å²) in [4.78, 5) is 12.5. The van der Waals surface area contributed by atoms with E-state index in [0.29, 0.717) is 22.8 Å². The van der Waals surface area contributed by atoms with E-state index in [1.165, 1.54) is 21.3 Å². The first-order valence-corrected chi connectivity index (χ1v) is 8.10. The molecule has 0 unspecified atom stereocenters. The molecule has 0 radical (unpaired) electrons. The van der Waals surface area contributed by atoms with Crippen LogP contribution in [0.2, 0.25) is 0 Å². The van der Waals surface area contributed by atoms with E-state index in [4.69, 9.17) is 18.9 Å². The van der Waals surface area contributed by atoms with Crippen LogP contribution in [0.4, 0.5) is 0 Å². The predicted molar refractivity (Wildman–Crippen MR) is 90.7 cm³/mol. The number of nitriles is 1. The fraction of sp³-hybridized carbons (Fsp3) is 0.556. The molecule has 1 aliphatic rings. The summed E-state index contributed by atoms with van der Waals surface area (Å²) in [5.74, 6) is 1.08. The number of nitrogens with one attached hydrogen (secondary N) is 1. The van der Waals surface area contributed by atoms with E-state index in [2.05, 4.69) is 11.4 Å². The first kappa shape index (κ1) is 18.9. The molecule has 1 N–H and O–H groups in total. The minimum absolute atomic E-state index is 0.0347. The van der Waals surface area contributed by atoms with Crippen molar-refractivity contribution in [3.63, 3.8) is 0 Å². The summed E-state index contributed by atoms with van der Waals surface area (Å²) in [5.41, 5.74) is 0.545. The van der Waals surface area contributed by atoms with Crippen molar-refractivity contribution in [2.75, 3.05) is 21.3 Å². The molecule has 0 aromatic heterocycles. The van der Waals surface area contributed by atoms with Crippen LogP contribution in [-0.4, -0.2) is 39.4 Å². The summed E-state index contributed by atoms with van der Waals surface area (Å²) < 4.78 is 21.5. The van der Waals surface area contributed by atoms with Crippen molar-refractivity contribution in [2.45, 2.75) is 38.5 Å². The monoisotopic (exact) mass is 348 g/mol. The Hall–Kier alpha value is -2.46. The van der Waals surface area contributed by atoms with Gasteiger partial charge in [-0.05, 0) is 37.0 Å². The standard InChI is InChI=1S/C18H24N2O5/c1-10-6-11(2)25-16(10)18(21)20-13(9-19)12-7-14(22-3)17(24-5)15(8-12)23-4/h7-8,10-11,13,16H,6H2,1-5H3,(H,20,21)/t10-,11-,13-,16+/m0/s1. The number of hydrogen-bond donors (Lipinski definition) is 1. The van der Waals surface area contributed by atoms with Crippen LogP contribution in [-0.2, 0) is 9.53 Å². The second-order valence-electron chi connectivity index (χ2n) is 6.11. The topological polar surface area (TPSA) is 89.8 Å². The Balaban J connectivity index is 2.26. The summed E-state index contributed by atoms with van der Waals surface area (Å²) in [6.45, 7) is 3.90. The Morgan fingerprint density at radius 3 is 2.24 bits per heavy atom. The van der Waals surface area contributed by atoms with Crippen molar-refractivity contribution >= 4 is 5.91 Å². The van der Waals surface area contributed by atoms with Crippen molar-refractivity contribution in [3.8, 4) is 23.3 Å². The highest BCUT2D eigenvalue weighted by Gasteiger charge is 2.36. The highest BCUT2D eigenvalue weighted by atomic mass is 16.5. The molecule has 136 valence electrons. The lowest BCUT2D eigenvalue weighted by Crippen LogP contribution is -2.39. The first-order chi connectivity index (χ1) is 11.9. The lowest BCUT2D eigenvalue weighted by Gasteiger charge is -2.20. The lowest BCUT2D eigenvalue weighted by molar-refractivity contribution is -0.133. The number of carbonyl (C=O) groups is 1. The smallest absolute Gasteiger partial charge is 0.250 e. The molecule has 1 amide bonds. The molecule has 1 heterocycles. The largest absolute Gasteiger partial charge is 0.493 e. The first-order valence-electron chi connectivity index (χ1n) is 8.10. The maximum absolute atomic E-state index is 12.5. The molecule has 0 spiro atoms. The van der Waals surface area contributed by atoms with E-state index in [9.17, 15) is 10.1 Å². The van der Waals surface area contributed by atoms with Crippen LogP contribution in [0.1, 0.15) is 31.9 Å². The average Bonchev–Trinajstić information content (AvgIpc) is 2.96. The van der Waals surface area contributed by atoms with Gasteiger partial charge < -0.3 is 24.3 Å². The van der Waals surface area contributed by atoms with Gasteiger partial charge in [0.15, 0.2) is 11.5 Å². The summed E-state index contributed by atoms with van der Waals surface area (Å²) in [7, 11) is 4.50. The van der Waals surface area contributed by atoms with E-state index >= 15 is 0 Å². The molecule has 0 aliphatic carbocycles. The van der Waals surface area contributed by atoms with Crippen LogP contribution >= 0.6 is 0 Å². The highest BCUT2D eigenvalue weighted by Crippen LogP contribution is 2.39. The van der Waals surface area contributed by atoms with Crippen LogP contribution in [0.15, 0.2) is 12.1 Å². The normalized spacial score (nSPS) is 23.4. The van der Waals surface area contributed by atoms with Crippen LogP contribution < -0.4 is 19.5 Å². The van der Waals surface area contributed by atoms with Gasteiger partial charge in [0, 0.05) is 0 Å². The molecule has 0 bridgehead atoms. The van der Waals surface area contributed by atoms with E-state index < -0.39 is 12.1 Å². The molecule has 1 aromatic rings. The highest BCUT2D eigenvalue weighted by molar-refractivity contribution is 5.82. The molecule has 2 rings (SSSR count). The van der Waals surface area contributed by atoms with Gasteiger partial charge >= 0.3 is 0 Å². The molecule has 1 aliphatic heterocycles. The van der Waals surface area contributed by atoms with Gasteiger partial charge in [0.2, 0.25) is 5.75 Å². The zero-order valence-electron chi connectivity index (χ0n) is 15.2. The minimum atomic E-state index is -0.854. The van der Waals surface area contributed by atoms with Crippen LogP contribution in [0.25, 0.3) is 0 Å². The number of rotatable bonds is 6. The third-order valence-corrected chi connectivity index (χ3v) is 4.29. The molecular formula is C18H24N2O5. The Kier molecular flexibility index (Phi) is 6.10. The fourth-order valence-corrected chi connectivity index (χ4v) is 3.09. The second-order valence-corrected chi connectivity index (χ2v) is 6.11. The zero-order chi connectivity index (χ0) is 18.6. The summed E-state index contributed by atoms with van der Waals surface area (Å²) in [5, 5.41) is 12.3. The number of amides is 1. The summed E-state index contributed by atoms with van der Waals surface area (Å²) in [6, 6.07) is 4.55. The van der Waals surface area contributed by atoms with Crippen molar-refractivity contribution < 1.29 is 23.7 Å². The van der Waals surface area contributed by atoms with E-state index in [1.807, 2.05) is 13.8 Å². The van der Waals surface area contributed by atoms with Gasteiger partial charge in [0.25, 0.3) is 5.91 Å². The zero-order valence-corrected chi connectivity index (χ0v) is 15.2. The molecule has 4 atom stereocenters. The predicted octanol–water partition coefficient (Wildman–Crippen LogP) is 2.21. The van der Waals surface area contributed by atoms with Gasteiger partial charge in [-0.15, -0.1) is 0 Å². The number of benzene rings is 1. The summed E-state index contributed by atoms with van der Waals surface area (Å²) in [6.07, 6.45) is 0.305. The van der Waals surface area contributed by atoms with Crippen molar-refractivity contribution in [1.82, 2.24) is 5.32 Å². The fourth-order valence-electron chi connectivity index (χ4n) is 3.09. The lowest BCUT2D eigenvalue weighted by atomic mass is 10.0. The van der Waals surface area contributed by atoms with Gasteiger partial charge in [-0.2, -0.15) is 5.26 Å².